The van der Waals surface area contributed by atoms with Crippen LogP contribution in [0.1, 0.15) is 27.2 Å². The van der Waals surface area contributed by atoms with E-state index in [1.165, 1.54) is 0 Å². The van der Waals surface area contributed by atoms with E-state index in [4.69, 9.17) is 5.73 Å². The molecule has 0 aromatic heterocycles. The molecule has 0 saturated heterocycles. The predicted molar refractivity (Wildman–Crippen MR) is 71.9 cm³/mol. The maximum absolute atomic E-state index is 11.7. The summed E-state index contributed by atoms with van der Waals surface area (Å²) in [4.78, 5) is 11.7. The van der Waals surface area contributed by atoms with E-state index < -0.39 is 0 Å². The maximum Gasteiger partial charge on any atom is 0.319 e. The third-order valence-corrected chi connectivity index (χ3v) is 3.02. The summed E-state index contributed by atoms with van der Waals surface area (Å²) < 4.78 is 0. The molecule has 17 heavy (non-hydrogen) atoms. The molecule has 0 radical (unpaired) electrons. The molecule has 0 bridgehead atoms. The molecule has 1 rings (SSSR count). The van der Waals surface area contributed by atoms with Crippen LogP contribution in [0.25, 0.3) is 0 Å². The van der Waals surface area contributed by atoms with Gasteiger partial charge < -0.3 is 16.4 Å². The van der Waals surface area contributed by atoms with Crippen molar-refractivity contribution in [2.75, 3.05) is 11.1 Å². The van der Waals surface area contributed by atoms with E-state index in [9.17, 15) is 4.79 Å². The SMILES string of the molecule is CCC(C)C(C)NC(=O)Nc1ccc(N)cc1. The van der Waals surface area contributed by atoms with Gasteiger partial charge in [-0.2, -0.15) is 0 Å². The van der Waals surface area contributed by atoms with Crippen molar-refractivity contribution in [3.05, 3.63) is 24.3 Å². The molecule has 4 N–H and O–H groups in total. The van der Waals surface area contributed by atoms with Crippen molar-refractivity contribution in [3.8, 4) is 0 Å². The van der Waals surface area contributed by atoms with Crippen LogP contribution < -0.4 is 16.4 Å². The highest BCUT2D eigenvalue weighted by Crippen LogP contribution is 2.11. The van der Waals surface area contributed by atoms with Crippen LogP contribution in [0.4, 0.5) is 16.2 Å². The van der Waals surface area contributed by atoms with Gasteiger partial charge in [-0.05, 0) is 37.1 Å². The largest absolute Gasteiger partial charge is 0.399 e. The van der Waals surface area contributed by atoms with Gasteiger partial charge in [-0.1, -0.05) is 20.3 Å². The highest BCUT2D eigenvalue weighted by atomic mass is 16.2. The first kappa shape index (κ1) is 13.4. The van der Waals surface area contributed by atoms with Gasteiger partial charge in [-0.3, -0.25) is 0 Å². The minimum absolute atomic E-state index is 0.161. The van der Waals surface area contributed by atoms with Gasteiger partial charge in [0.1, 0.15) is 0 Å². The number of urea groups is 1. The first-order valence-electron chi connectivity index (χ1n) is 5.96. The van der Waals surface area contributed by atoms with E-state index >= 15 is 0 Å². The van der Waals surface area contributed by atoms with Gasteiger partial charge in [0.25, 0.3) is 0 Å². The number of hydrogen-bond donors (Lipinski definition) is 3. The molecular formula is C13H21N3O. The van der Waals surface area contributed by atoms with Crippen LogP contribution >= 0.6 is 0 Å². The Kier molecular flexibility index (Phi) is 4.82. The van der Waals surface area contributed by atoms with E-state index in [1.807, 2.05) is 6.92 Å². The second kappa shape index (κ2) is 6.13. The Morgan fingerprint density at radius 1 is 1.29 bits per heavy atom. The van der Waals surface area contributed by atoms with Crippen LogP contribution in [-0.2, 0) is 0 Å². The maximum atomic E-state index is 11.7. The average Bonchev–Trinajstić information content (AvgIpc) is 2.30. The van der Waals surface area contributed by atoms with Crippen LogP contribution in [0.15, 0.2) is 24.3 Å². The fourth-order valence-corrected chi connectivity index (χ4v) is 1.44. The van der Waals surface area contributed by atoms with E-state index in [2.05, 4.69) is 24.5 Å². The number of nitrogen functional groups attached to an aromatic ring is 1. The number of anilines is 2. The van der Waals surface area contributed by atoms with Gasteiger partial charge in [-0.25, -0.2) is 4.79 Å². The van der Waals surface area contributed by atoms with Gasteiger partial charge in [0.05, 0.1) is 0 Å². The lowest BCUT2D eigenvalue weighted by Crippen LogP contribution is -2.39. The second-order valence-corrected chi connectivity index (χ2v) is 4.39. The molecule has 0 aliphatic rings. The number of benzene rings is 1. The number of nitrogens with one attached hydrogen (secondary N) is 2. The van der Waals surface area contributed by atoms with Crippen molar-refractivity contribution in [3.63, 3.8) is 0 Å². The zero-order valence-corrected chi connectivity index (χ0v) is 10.7. The molecule has 1 aromatic rings. The minimum Gasteiger partial charge on any atom is -0.399 e. The Labute approximate surface area is 103 Å². The molecule has 0 aliphatic heterocycles. The first-order valence-corrected chi connectivity index (χ1v) is 5.96. The lowest BCUT2D eigenvalue weighted by atomic mass is 10.0. The molecule has 4 heteroatoms. The fourth-order valence-electron chi connectivity index (χ4n) is 1.44. The quantitative estimate of drug-likeness (QED) is 0.702. The Hall–Kier alpha value is -1.71. The summed E-state index contributed by atoms with van der Waals surface area (Å²) in [6.07, 6.45) is 1.04. The van der Waals surface area contributed by atoms with E-state index in [-0.39, 0.29) is 12.1 Å². The summed E-state index contributed by atoms with van der Waals surface area (Å²) in [6, 6.07) is 7.06. The van der Waals surface area contributed by atoms with Crippen molar-refractivity contribution in [2.24, 2.45) is 5.92 Å². The van der Waals surface area contributed by atoms with Crippen molar-refractivity contribution < 1.29 is 4.79 Å². The molecule has 4 nitrogen and oxygen atoms in total. The van der Waals surface area contributed by atoms with Crippen molar-refractivity contribution in [1.29, 1.82) is 0 Å². The summed E-state index contributed by atoms with van der Waals surface area (Å²) in [5, 5.41) is 5.69. The van der Waals surface area contributed by atoms with Gasteiger partial charge in [-0.15, -0.1) is 0 Å². The Bertz CT molecular complexity index is 361. The van der Waals surface area contributed by atoms with E-state index in [1.54, 1.807) is 24.3 Å². The predicted octanol–water partition coefficient (Wildman–Crippen LogP) is 2.82. The van der Waals surface area contributed by atoms with Crippen LogP contribution in [0.5, 0.6) is 0 Å². The molecule has 0 saturated carbocycles. The minimum atomic E-state index is -0.178. The van der Waals surface area contributed by atoms with Crippen LogP contribution in [-0.4, -0.2) is 12.1 Å². The fraction of sp³-hybridized carbons (Fsp3) is 0.462. The number of hydrogen-bond acceptors (Lipinski definition) is 2. The van der Waals surface area contributed by atoms with Crippen molar-refractivity contribution >= 4 is 17.4 Å². The van der Waals surface area contributed by atoms with Gasteiger partial charge >= 0.3 is 6.03 Å². The molecule has 2 atom stereocenters. The molecule has 2 unspecified atom stereocenters. The molecule has 2 amide bonds. The summed E-state index contributed by atoms with van der Waals surface area (Å²) in [7, 11) is 0. The topological polar surface area (TPSA) is 67.2 Å². The van der Waals surface area contributed by atoms with Crippen molar-refractivity contribution in [1.82, 2.24) is 5.32 Å². The monoisotopic (exact) mass is 235 g/mol. The number of amides is 2. The number of carbonyl (C=O) groups is 1. The Morgan fingerprint density at radius 2 is 1.88 bits per heavy atom. The number of nitrogens with two attached hydrogens (primary N) is 1. The second-order valence-electron chi connectivity index (χ2n) is 4.39. The zero-order chi connectivity index (χ0) is 12.8. The molecule has 0 spiro atoms. The number of rotatable bonds is 4. The van der Waals surface area contributed by atoms with Gasteiger partial charge in [0.2, 0.25) is 0 Å². The van der Waals surface area contributed by atoms with Crippen LogP contribution in [0, 0.1) is 5.92 Å². The molecule has 0 fully saturated rings. The third kappa shape index (κ3) is 4.34. The lowest BCUT2D eigenvalue weighted by Gasteiger charge is -2.20. The zero-order valence-electron chi connectivity index (χ0n) is 10.7. The summed E-state index contributed by atoms with van der Waals surface area (Å²) in [5.41, 5.74) is 7.00. The smallest absolute Gasteiger partial charge is 0.319 e. The third-order valence-electron chi connectivity index (χ3n) is 3.02. The van der Waals surface area contributed by atoms with Crippen LogP contribution in [0.2, 0.25) is 0 Å². The summed E-state index contributed by atoms with van der Waals surface area (Å²) >= 11 is 0. The normalized spacial score (nSPS) is 13.8. The highest BCUT2D eigenvalue weighted by molar-refractivity contribution is 5.89. The summed E-state index contributed by atoms with van der Waals surface area (Å²) in [6.45, 7) is 6.24. The standard InChI is InChI=1S/C13H21N3O/c1-4-9(2)10(3)15-13(17)16-12-7-5-11(14)6-8-12/h5-10H,4,14H2,1-3H3,(H2,15,16,17). The Morgan fingerprint density at radius 3 is 2.41 bits per heavy atom. The highest BCUT2D eigenvalue weighted by Gasteiger charge is 2.12. The number of carbonyl (C=O) groups excluding carboxylic acids is 1. The summed E-state index contributed by atoms with van der Waals surface area (Å²) in [5.74, 6) is 0.465. The van der Waals surface area contributed by atoms with E-state index in [0.717, 1.165) is 12.1 Å². The van der Waals surface area contributed by atoms with E-state index in [0.29, 0.717) is 11.6 Å². The average molecular weight is 235 g/mol. The molecule has 94 valence electrons. The molecular weight excluding hydrogens is 214 g/mol. The van der Waals surface area contributed by atoms with Gasteiger partial charge in [0.15, 0.2) is 0 Å². The van der Waals surface area contributed by atoms with Gasteiger partial charge in [0, 0.05) is 17.4 Å². The van der Waals surface area contributed by atoms with Crippen molar-refractivity contribution in [2.45, 2.75) is 33.2 Å². The molecule has 1 aromatic carbocycles. The molecule has 0 heterocycles. The lowest BCUT2D eigenvalue weighted by molar-refractivity contribution is 0.244. The van der Waals surface area contributed by atoms with Crippen LogP contribution in [0.3, 0.4) is 0 Å². The molecule has 0 aliphatic carbocycles. The first-order chi connectivity index (χ1) is 8.02. The Balaban J connectivity index is 2.47.